The summed E-state index contributed by atoms with van der Waals surface area (Å²) in [6.45, 7) is 2.82. The summed E-state index contributed by atoms with van der Waals surface area (Å²) in [4.78, 5) is 49.7. The van der Waals surface area contributed by atoms with Crippen LogP contribution in [0, 0.1) is 11.8 Å². The first-order chi connectivity index (χ1) is 15.9. The molecule has 11 nitrogen and oxygen atoms in total. The van der Waals surface area contributed by atoms with Crippen molar-refractivity contribution in [3.05, 3.63) is 45.2 Å². The van der Waals surface area contributed by atoms with Gasteiger partial charge < -0.3 is 16.0 Å². The highest BCUT2D eigenvalue weighted by molar-refractivity contribution is 5.89. The monoisotopic (exact) mass is 450 g/mol. The summed E-state index contributed by atoms with van der Waals surface area (Å²) in [5.41, 5.74) is 5.40. The molecular weight excluding hydrogens is 424 g/mol. The van der Waals surface area contributed by atoms with E-state index in [1.165, 1.54) is 17.8 Å². The number of amides is 1. The third kappa shape index (κ3) is 4.38. The van der Waals surface area contributed by atoms with Gasteiger partial charge in [0, 0.05) is 32.4 Å². The molecule has 1 saturated heterocycles. The molecule has 0 aliphatic carbocycles. The van der Waals surface area contributed by atoms with Crippen LogP contribution in [0.15, 0.2) is 34.0 Å². The quantitative estimate of drug-likeness (QED) is 0.518. The summed E-state index contributed by atoms with van der Waals surface area (Å²) in [6, 6.07) is 5.06. The van der Waals surface area contributed by atoms with Gasteiger partial charge in [-0.1, -0.05) is 12.0 Å². The molecule has 0 radical (unpaired) electrons. The zero-order chi connectivity index (χ0) is 23.5. The highest BCUT2D eigenvalue weighted by Gasteiger charge is 2.26. The van der Waals surface area contributed by atoms with E-state index >= 15 is 0 Å². The summed E-state index contributed by atoms with van der Waals surface area (Å²) < 4.78 is 3.90. The molecular formula is C22H26N8O3. The number of hydrogen-bond donors (Lipinski definition) is 2. The molecule has 11 heteroatoms. The van der Waals surface area contributed by atoms with Crippen molar-refractivity contribution < 1.29 is 4.79 Å². The zero-order valence-corrected chi connectivity index (χ0v) is 18.6. The number of hydrogen-bond acceptors (Lipinski definition) is 7. The van der Waals surface area contributed by atoms with E-state index in [0.29, 0.717) is 18.3 Å². The van der Waals surface area contributed by atoms with Gasteiger partial charge in [-0.25, -0.2) is 14.3 Å². The Kier molecular flexibility index (Phi) is 6.28. The minimum absolute atomic E-state index is 0.0000378. The maximum absolute atomic E-state index is 13.4. The maximum atomic E-state index is 13.4. The number of rotatable bonds is 5. The molecule has 172 valence electrons. The molecule has 4 rings (SSSR count). The Bertz CT molecular complexity index is 1360. The predicted octanol–water partition coefficient (Wildman–Crippen LogP) is -0.119. The number of anilines is 2. The number of piperidine rings is 1. The number of pyridine rings is 1. The second kappa shape index (κ2) is 9.30. The van der Waals surface area contributed by atoms with Crippen molar-refractivity contribution in [1.82, 2.24) is 23.7 Å². The van der Waals surface area contributed by atoms with Crippen LogP contribution in [-0.2, 0) is 24.9 Å². The number of aryl methyl sites for hydroxylation is 1. The third-order valence-electron chi connectivity index (χ3n) is 5.60. The van der Waals surface area contributed by atoms with Gasteiger partial charge in [-0.15, -0.1) is 5.92 Å². The van der Waals surface area contributed by atoms with Gasteiger partial charge in [0.05, 0.1) is 6.54 Å². The fraction of sp³-hybridized carbons (Fsp3) is 0.409. The molecule has 1 amide bonds. The van der Waals surface area contributed by atoms with Crippen LogP contribution in [0.1, 0.15) is 19.8 Å². The maximum Gasteiger partial charge on any atom is 0.332 e. The molecule has 0 saturated carbocycles. The largest absolute Gasteiger partial charge is 0.341 e. The number of nitrogens with one attached hydrogen (secondary N) is 1. The van der Waals surface area contributed by atoms with E-state index in [0.717, 1.165) is 24.0 Å². The van der Waals surface area contributed by atoms with Gasteiger partial charge in [0.15, 0.2) is 11.2 Å². The molecule has 0 spiro atoms. The second-order valence-electron chi connectivity index (χ2n) is 7.94. The van der Waals surface area contributed by atoms with Crippen molar-refractivity contribution in [3.63, 3.8) is 0 Å². The lowest BCUT2D eigenvalue weighted by atomic mass is 10.1. The fourth-order valence-electron chi connectivity index (χ4n) is 4.00. The third-order valence-corrected chi connectivity index (χ3v) is 5.60. The molecule has 3 N–H and O–H groups in total. The van der Waals surface area contributed by atoms with Crippen molar-refractivity contribution in [2.75, 3.05) is 23.3 Å². The average Bonchev–Trinajstić information content (AvgIpc) is 3.19. The number of carbonyl (C=O) groups excluding carboxylic acids is 1. The Hall–Kier alpha value is -3.91. The molecule has 0 aromatic carbocycles. The van der Waals surface area contributed by atoms with E-state index in [1.807, 2.05) is 4.90 Å². The van der Waals surface area contributed by atoms with Gasteiger partial charge in [0.2, 0.25) is 11.9 Å². The summed E-state index contributed by atoms with van der Waals surface area (Å²) >= 11 is 0. The smallest absolute Gasteiger partial charge is 0.332 e. The number of fused-ring (bicyclic) bond motifs is 1. The van der Waals surface area contributed by atoms with E-state index in [2.05, 4.69) is 27.1 Å². The van der Waals surface area contributed by atoms with E-state index < -0.39 is 23.7 Å². The van der Waals surface area contributed by atoms with Crippen LogP contribution in [0.25, 0.3) is 11.2 Å². The standard InChI is InChI=1S/C22H26N8O3/c1-3-4-12-29-18-19(26-21(29)28-11-7-8-15(23)13-28)27(2)22(33)30(20(18)32)14-17(31)25-16-9-5-6-10-24-16/h5-6,9-10,15H,7-8,11-14,23H2,1-2H3,(H,24,25,31). The average molecular weight is 451 g/mol. The SMILES string of the molecule is CC#CCn1c(N2CCCC(N)C2)nc2c1c(=O)n(CC(=O)Nc1ccccn1)c(=O)n2C. The fourth-order valence-corrected chi connectivity index (χ4v) is 4.00. The number of carbonyl (C=O) groups is 1. The van der Waals surface area contributed by atoms with Crippen LogP contribution in [0.2, 0.25) is 0 Å². The number of nitrogens with two attached hydrogens (primary N) is 1. The predicted molar refractivity (Wildman–Crippen MR) is 125 cm³/mol. The van der Waals surface area contributed by atoms with E-state index in [-0.39, 0.29) is 23.8 Å². The summed E-state index contributed by atoms with van der Waals surface area (Å²) in [6.07, 6.45) is 3.36. The van der Waals surface area contributed by atoms with Crippen molar-refractivity contribution in [2.24, 2.45) is 12.8 Å². The molecule has 1 fully saturated rings. The highest BCUT2D eigenvalue weighted by atomic mass is 16.2. The van der Waals surface area contributed by atoms with Crippen molar-refractivity contribution in [3.8, 4) is 11.8 Å². The molecule has 4 heterocycles. The normalized spacial score (nSPS) is 15.8. The minimum atomic E-state index is -0.628. The Labute approximate surface area is 189 Å². The zero-order valence-electron chi connectivity index (χ0n) is 18.6. The van der Waals surface area contributed by atoms with Gasteiger partial charge in [0.1, 0.15) is 12.4 Å². The lowest BCUT2D eigenvalue weighted by Gasteiger charge is -2.31. The molecule has 33 heavy (non-hydrogen) atoms. The summed E-state index contributed by atoms with van der Waals surface area (Å²) in [5.74, 6) is 6.17. The van der Waals surface area contributed by atoms with E-state index in [4.69, 9.17) is 5.73 Å². The molecule has 3 aromatic rings. The number of aromatic nitrogens is 5. The van der Waals surface area contributed by atoms with Crippen LogP contribution in [0.3, 0.4) is 0 Å². The summed E-state index contributed by atoms with van der Waals surface area (Å²) in [7, 11) is 1.53. The topological polar surface area (TPSA) is 133 Å². The second-order valence-corrected chi connectivity index (χ2v) is 7.94. The Morgan fingerprint density at radius 3 is 2.82 bits per heavy atom. The molecule has 1 aliphatic heterocycles. The van der Waals surface area contributed by atoms with Gasteiger partial charge in [0.25, 0.3) is 5.56 Å². The highest BCUT2D eigenvalue weighted by Crippen LogP contribution is 2.22. The van der Waals surface area contributed by atoms with Crippen molar-refractivity contribution in [1.29, 1.82) is 0 Å². The Morgan fingerprint density at radius 1 is 1.30 bits per heavy atom. The number of imidazole rings is 1. The minimum Gasteiger partial charge on any atom is -0.341 e. The first kappa shape index (κ1) is 22.3. The van der Waals surface area contributed by atoms with E-state index in [9.17, 15) is 14.4 Å². The first-order valence-electron chi connectivity index (χ1n) is 10.7. The van der Waals surface area contributed by atoms with Crippen LogP contribution in [-0.4, -0.2) is 48.7 Å². The summed E-state index contributed by atoms with van der Waals surface area (Å²) in [5, 5.41) is 2.60. The molecule has 0 bridgehead atoms. The van der Waals surface area contributed by atoms with Crippen LogP contribution < -0.4 is 27.2 Å². The lowest BCUT2D eigenvalue weighted by molar-refractivity contribution is -0.116. The van der Waals surface area contributed by atoms with Crippen LogP contribution in [0.4, 0.5) is 11.8 Å². The molecule has 1 atom stereocenters. The van der Waals surface area contributed by atoms with Crippen LogP contribution in [0.5, 0.6) is 0 Å². The van der Waals surface area contributed by atoms with Gasteiger partial charge in [-0.05, 0) is 31.9 Å². The van der Waals surface area contributed by atoms with Crippen LogP contribution >= 0.6 is 0 Å². The van der Waals surface area contributed by atoms with Crippen molar-refractivity contribution in [2.45, 2.75) is 38.9 Å². The first-order valence-corrected chi connectivity index (χ1v) is 10.7. The van der Waals surface area contributed by atoms with Gasteiger partial charge >= 0.3 is 5.69 Å². The molecule has 1 unspecified atom stereocenters. The Balaban J connectivity index is 1.81. The van der Waals surface area contributed by atoms with Gasteiger partial charge in [-0.3, -0.25) is 18.7 Å². The number of nitrogens with zero attached hydrogens (tertiary/aromatic N) is 6. The molecule has 1 aliphatic rings. The lowest BCUT2D eigenvalue weighted by Crippen LogP contribution is -2.44. The van der Waals surface area contributed by atoms with Gasteiger partial charge in [-0.2, -0.15) is 4.98 Å². The molecule has 3 aromatic heterocycles. The van der Waals surface area contributed by atoms with Crippen molar-refractivity contribution >= 4 is 28.8 Å². The Morgan fingerprint density at radius 2 is 2.12 bits per heavy atom. The van der Waals surface area contributed by atoms with E-state index in [1.54, 1.807) is 29.7 Å².